The summed E-state index contributed by atoms with van der Waals surface area (Å²) in [6, 6.07) is 6.18. The van der Waals surface area contributed by atoms with Crippen molar-refractivity contribution in [3.8, 4) is 0 Å². The van der Waals surface area contributed by atoms with Crippen molar-refractivity contribution in [2.45, 2.75) is 19.9 Å². The molecule has 7 heteroatoms. The molecule has 0 bridgehead atoms. The summed E-state index contributed by atoms with van der Waals surface area (Å²) in [5.74, 6) is 1.34. The molecule has 1 aromatic carbocycles. The fraction of sp³-hybridized carbons (Fsp3) is 0.200. The second-order valence-electron chi connectivity index (χ2n) is 5.50. The Morgan fingerprint density at radius 1 is 1.18 bits per heavy atom. The SMILES string of the molecule is CC(C)[N+]1=C(c2ccc3oc(N)nc3c2)c2c(N)ncnc21. The molecule has 7 nitrogen and oxygen atoms in total. The normalized spacial score (nSPS) is 13.6. The average Bonchev–Trinajstić information content (AvgIpc) is 2.79. The van der Waals surface area contributed by atoms with Crippen molar-refractivity contribution < 1.29 is 8.99 Å². The van der Waals surface area contributed by atoms with Crippen molar-refractivity contribution in [2.75, 3.05) is 11.5 Å². The molecule has 22 heavy (non-hydrogen) atoms. The van der Waals surface area contributed by atoms with Crippen LogP contribution >= 0.6 is 0 Å². The van der Waals surface area contributed by atoms with Crippen molar-refractivity contribution in [1.29, 1.82) is 0 Å². The number of anilines is 2. The van der Waals surface area contributed by atoms with Crippen LogP contribution in [0.1, 0.15) is 25.0 Å². The lowest BCUT2D eigenvalue weighted by Crippen LogP contribution is -2.36. The molecule has 1 aliphatic rings. The number of fused-ring (bicyclic) bond motifs is 2. The van der Waals surface area contributed by atoms with Gasteiger partial charge in [-0.2, -0.15) is 9.97 Å². The minimum atomic E-state index is 0.162. The van der Waals surface area contributed by atoms with Crippen LogP contribution in [0, 0.1) is 0 Å². The van der Waals surface area contributed by atoms with E-state index in [1.54, 1.807) is 0 Å². The number of nitrogen functional groups attached to an aromatic ring is 2. The molecule has 1 aliphatic heterocycles. The molecule has 0 saturated heterocycles. The van der Waals surface area contributed by atoms with Gasteiger partial charge < -0.3 is 15.9 Å². The molecule has 0 aliphatic carbocycles. The third kappa shape index (κ3) is 1.62. The van der Waals surface area contributed by atoms with Crippen molar-refractivity contribution in [3.63, 3.8) is 0 Å². The lowest BCUT2D eigenvalue weighted by Gasteiger charge is -2.24. The summed E-state index contributed by atoms with van der Waals surface area (Å²) in [5.41, 5.74) is 15.9. The molecule has 2 aromatic heterocycles. The Morgan fingerprint density at radius 2 is 2.00 bits per heavy atom. The lowest BCUT2D eigenvalue weighted by atomic mass is 9.95. The molecule has 3 aromatic rings. The molecule has 0 radical (unpaired) electrons. The number of nitrogens with zero attached hydrogens (tertiary/aromatic N) is 4. The highest BCUT2D eigenvalue weighted by Gasteiger charge is 2.40. The van der Waals surface area contributed by atoms with Gasteiger partial charge in [-0.3, -0.25) is 0 Å². The summed E-state index contributed by atoms with van der Waals surface area (Å²) in [5, 5.41) is 0. The van der Waals surface area contributed by atoms with E-state index in [0.29, 0.717) is 11.4 Å². The van der Waals surface area contributed by atoms with Gasteiger partial charge in [0.15, 0.2) is 16.9 Å². The standard InChI is InChI=1S/C15H14N6O/c1-7(2)21-12(11-13(16)18-6-19-14(11)21)8-3-4-10-9(5-8)20-15(17)22-10/h3-7,16H,1-2H3,(H2,17,20)/p+1. The van der Waals surface area contributed by atoms with E-state index in [9.17, 15) is 0 Å². The maximum Gasteiger partial charge on any atom is 0.341 e. The van der Waals surface area contributed by atoms with E-state index in [0.717, 1.165) is 28.2 Å². The average molecular weight is 295 g/mol. The van der Waals surface area contributed by atoms with Gasteiger partial charge in [-0.15, -0.1) is 0 Å². The summed E-state index contributed by atoms with van der Waals surface area (Å²) >= 11 is 0. The van der Waals surface area contributed by atoms with Gasteiger partial charge in [0.2, 0.25) is 6.33 Å². The van der Waals surface area contributed by atoms with E-state index in [2.05, 4.69) is 33.4 Å². The van der Waals surface area contributed by atoms with Crippen LogP contribution < -0.4 is 11.5 Å². The van der Waals surface area contributed by atoms with Gasteiger partial charge in [-0.25, -0.2) is 4.58 Å². The van der Waals surface area contributed by atoms with Crippen LogP contribution in [0.25, 0.3) is 11.1 Å². The Morgan fingerprint density at radius 3 is 2.77 bits per heavy atom. The minimum Gasteiger partial charge on any atom is -0.424 e. The predicted molar refractivity (Wildman–Crippen MR) is 83.1 cm³/mol. The number of benzene rings is 1. The molecule has 4 N–H and O–H groups in total. The van der Waals surface area contributed by atoms with Crippen LogP contribution in [0.2, 0.25) is 0 Å². The van der Waals surface area contributed by atoms with Gasteiger partial charge in [-0.1, -0.05) is 0 Å². The lowest BCUT2D eigenvalue weighted by molar-refractivity contribution is -0.490. The van der Waals surface area contributed by atoms with Gasteiger partial charge in [0.1, 0.15) is 11.3 Å². The topological polar surface area (TPSA) is 107 Å². The van der Waals surface area contributed by atoms with E-state index in [1.165, 1.54) is 6.33 Å². The maximum absolute atomic E-state index is 6.03. The number of aromatic nitrogens is 3. The third-order valence-corrected chi connectivity index (χ3v) is 3.76. The Kier molecular flexibility index (Phi) is 2.47. The van der Waals surface area contributed by atoms with E-state index in [1.807, 2.05) is 18.2 Å². The van der Waals surface area contributed by atoms with E-state index in [4.69, 9.17) is 15.9 Å². The van der Waals surface area contributed by atoms with E-state index >= 15 is 0 Å². The van der Waals surface area contributed by atoms with Crippen molar-refractivity contribution in [2.24, 2.45) is 0 Å². The first kappa shape index (κ1) is 12.8. The number of nitrogens with two attached hydrogens (primary N) is 2. The second-order valence-corrected chi connectivity index (χ2v) is 5.50. The fourth-order valence-corrected chi connectivity index (χ4v) is 2.85. The van der Waals surface area contributed by atoms with Crippen LogP contribution in [0.4, 0.5) is 17.7 Å². The molecule has 0 fully saturated rings. The highest BCUT2D eigenvalue weighted by Crippen LogP contribution is 2.35. The zero-order valence-corrected chi connectivity index (χ0v) is 12.2. The summed E-state index contributed by atoms with van der Waals surface area (Å²) in [6.45, 7) is 4.21. The van der Waals surface area contributed by atoms with Gasteiger partial charge in [0.05, 0.1) is 6.04 Å². The van der Waals surface area contributed by atoms with E-state index in [-0.39, 0.29) is 12.1 Å². The molecule has 110 valence electrons. The highest BCUT2D eigenvalue weighted by molar-refractivity contribution is 6.19. The quantitative estimate of drug-likeness (QED) is 0.697. The van der Waals surface area contributed by atoms with Crippen LogP contribution in [0.5, 0.6) is 0 Å². The Bertz CT molecular complexity index is 940. The first-order chi connectivity index (χ1) is 10.6. The molecule has 3 heterocycles. The van der Waals surface area contributed by atoms with Crippen molar-refractivity contribution >= 4 is 34.5 Å². The minimum absolute atomic E-state index is 0.162. The van der Waals surface area contributed by atoms with Crippen LogP contribution in [0.3, 0.4) is 0 Å². The Balaban J connectivity index is 1.95. The van der Waals surface area contributed by atoms with Gasteiger partial charge >= 0.3 is 5.82 Å². The smallest absolute Gasteiger partial charge is 0.341 e. The summed E-state index contributed by atoms with van der Waals surface area (Å²) in [6.07, 6.45) is 1.49. The predicted octanol–water partition coefficient (Wildman–Crippen LogP) is 1.69. The van der Waals surface area contributed by atoms with Crippen LogP contribution in [0.15, 0.2) is 28.9 Å². The Hall–Kier alpha value is -2.96. The van der Waals surface area contributed by atoms with Crippen molar-refractivity contribution in [3.05, 3.63) is 35.7 Å². The summed E-state index contributed by atoms with van der Waals surface area (Å²) < 4.78 is 7.45. The summed E-state index contributed by atoms with van der Waals surface area (Å²) in [7, 11) is 0. The molecular formula is C15H15N6O+. The number of hydrogen-bond donors (Lipinski definition) is 2. The fourth-order valence-electron chi connectivity index (χ4n) is 2.85. The zero-order valence-electron chi connectivity index (χ0n) is 12.2. The van der Waals surface area contributed by atoms with Gasteiger partial charge in [0.25, 0.3) is 6.01 Å². The molecule has 0 saturated carbocycles. The molecule has 0 atom stereocenters. The number of oxazole rings is 1. The third-order valence-electron chi connectivity index (χ3n) is 3.76. The molecular weight excluding hydrogens is 280 g/mol. The largest absolute Gasteiger partial charge is 0.424 e. The summed E-state index contributed by atoms with van der Waals surface area (Å²) in [4.78, 5) is 12.6. The second kappa shape index (κ2) is 4.27. The zero-order chi connectivity index (χ0) is 15.4. The Labute approximate surface area is 126 Å². The first-order valence-electron chi connectivity index (χ1n) is 6.99. The van der Waals surface area contributed by atoms with Gasteiger partial charge in [-0.05, 0) is 37.0 Å². The van der Waals surface area contributed by atoms with Crippen molar-refractivity contribution in [1.82, 2.24) is 15.0 Å². The highest BCUT2D eigenvalue weighted by atomic mass is 16.4. The molecule has 0 amide bonds. The van der Waals surface area contributed by atoms with Gasteiger partial charge in [0, 0.05) is 5.56 Å². The van der Waals surface area contributed by atoms with Crippen LogP contribution in [-0.4, -0.2) is 31.3 Å². The van der Waals surface area contributed by atoms with Crippen LogP contribution in [-0.2, 0) is 0 Å². The number of rotatable bonds is 2. The molecule has 0 unspecified atom stereocenters. The first-order valence-corrected chi connectivity index (χ1v) is 6.99. The maximum atomic E-state index is 6.03. The molecule has 0 spiro atoms. The monoisotopic (exact) mass is 295 g/mol. The molecule has 4 rings (SSSR count). The van der Waals surface area contributed by atoms with E-state index < -0.39 is 0 Å². The number of hydrogen-bond acceptors (Lipinski definition) is 6.